The van der Waals surface area contributed by atoms with Crippen LogP contribution >= 0.6 is 0 Å². The van der Waals surface area contributed by atoms with Crippen LogP contribution in [0.3, 0.4) is 0 Å². The smallest absolute Gasteiger partial charge is 0.241 e. The Morgan fingerprint density at radius 1 is 0.769 bits per heavy atom. The summed E-state index contributed by atoms with van der Waals surface area (Å²) in [5, 5.41) is 8.97. The average Bonchev–Trinajstić information content (AvgIpc) is 2.68. The minimum atomic E-state index is -3.93. The third kappa shape index (κ3) is 4.26. The van der Waals surface area contributed by atoms with Gasteiger partial charge in [-0.2, -0.15) is 8.42 Å². The van der Waals surface area contributed by atoms with Crippen molar-refractivity contribution in [2.75, 3.05) is 0 Å². The predicted octanol–water partition coefficient (Wildman–Crippen LogP) is 0.471. The minimum absolute atomic E-state index is 0.0588. The second kappa shape index (κ2) is 7.94. The maximum atomic E-state index is 12.7. The van der Waals surface area contributed by atoms with Crippen molar-refractivity contribution in [2.45, 2.75) is 4.90 Å². The van der Waals surface area contributed by atoms with Crippen LogP contribution in [-0.2, 0) is 12.6 Å². The molecular weight excluding hydrogens is 469 g/mol. The Bertz CT molecular complexity index is 993. The van der Waals surface area contributed by atoms with E-state index in [2.05, 4.69) is 0 Å². The molecule has 0 saturated heterocycles. The first-order valence-electron chi connectivity index (χ1n) is 7.49. The van der Waals surface area contributed by atoms with Crippen molar-refractivity contribution in [1.82, 2.24) is 0 Å². The molecule has 133 valence electrons. The van der Waals surface area contributed by atoms with Crippen molar-refractivity contribution < 1.29 is 41.3 Å². The Morgan fingerprint density at radius 3 is 1.81 bits per heavy atom. The lowest BCUT2D eigenvalue weighted by molar-refractivity contribution is -1.03. The molecule has 1 radical (unpaired) electrons. The van der Waals surface area contributed by atoms with E-state index in [0.29, 0.717) is 3.57 Å². The molecule has 0 fully saturated rings. The Hall–Kier alpha value is -2.30. The van der Waals surface area contributed by atoms with Crippen LogP contribution in [0.15, 0.2) is 89.8 Å². The highest BCUT2D eigenvalue weighted by molar-refractivity contribution is 7.86. The fraction of sp³-hybridized carbons (Fsp3) is 0. The highest BCUT2D eigenvalue weighted by Crippen LogP contribution is 2.09. The minimum Gasteiger partial charge on any atom is -0.241 e. The van der Waals surface area contributed by atoms with Gasteiger partial charge < -0.3 is 0 Å². The van der Waals surface area contributed by atoms with Gasteiger partial charge in [0.1, 0.15) is 0 Å². The fourth-order valence-corrected chi connectivity index (χ4v) is 9.08. The van der Waals surface area contributed by atoms with Gasteiger partial charge in [0, 0.05) is 12.1 Å². The first-order chi connectivity index (χ1) is 12.5. The van der Waals surface area contributed by atoms with Gasteiger partial charge in [-0.3, -0.25) is 0 Å². The van der Waals surface area contributed by atoms with Gasteiger partial charge in [0.2, 0.25) is 0 Å². The Morgan fingerprint density at radius 2 is 1.27 bits per heavy atom. The predicted molar refractivity (Wildman–Crippen MR) is 90.1 cm³/mol. The lowest BCUT2D eigenvalue weighted by atomic mass is 10.3. The summed E-state index contributed by atoms with van der Waals surface area (Å²) < 4.78 is 32.5. The quantitative estimate of drug-likeness (QED) is 0.407. The summed E-state index contributed by atoms with van der Waals surface area (Å²) in [6.07, 6.45) is 0. The van der Waals surface area contributed by atoms with Gasteiger partial charge in [0.15, 0.2) is 7.14 Å². The van der Waals surface area contributed by atoms with Crippen LogP contribution in [0.5, 0.6) is 0 Å². The first-order valence-corrected chi connectivity index (χ1v) is 11.9. The van der Waals surface area contributed by atoms with Crippen LogP contribution in [0.25, 0.3) is 0 Å². The zero-order valence-electron chi connectivity index (χ0n) is 13.4. The normalized spacial score (nSPS) is 11.4. The molecule has 0 bridgehead atoms. The van der Waals surface area contributed by atoms with Crippen molar-refractivity contribution in [3.05, 3.63) is 97.0 Å². The monoisotopic (exact) mass is 484 g/mol. The molecule has 1 N–H and O–H groups in total. The number of halogens is 1. The molecule has 3 aromatic rings. The molecule has 0 saturated carbocycles. The van der Waals surface area contributed by atoms with Gasteiger partial charge in [-0.1, -0.05) is 36.4 Å². The Labute approximate surface area is 158 Å². The van der Waals surface area contributed by atoms with Crippen LogP contribution in [0.1, 0.15) is 0 Å². The second-order valence-corrected chi connectivity index (χ2v) is 11.6. The highest BCUT2D eigenvalue weighted by Gasteiger charge is 2.38. The molecule has 0 aliphatic rings. The van der Waals surface area contributed by atoms with Gasteiger partial charge >= 0.3 is 36.0 Å². The van der Waals surface area contributed by atoms with E-state index in [-0.39, 0.29) is 15.5 Å². The van der Waals surface area contributed by atoms with Crippen molar-refractivity contribution in [1.29, 1.82) is 0 Å². The van der Waals surface area contributed by atoms with Crippen LogP contribution in [0.2, 0.25) is 0 Å². The number of nitrogens with zero attached hydrogens (tertiary/aromatic N) is 1. The van der Waals surface area contributed by atoms with E-state index in [0.717, 1.165) is 3.57 Å². The van der Waals surface area contributed by atoms with E-state index >= 15 is 0 Å². The molecule has 3 rings (SSSR count). The molecule has 0 aromatic heterocycles. The summed E-state index contributed by atoms with van der Waals surface area (Å²) in [7, 11) is -3.93. The zero-order valence-corrected chi connectivity index (χ0v) is 16.4. The first kappa shape index (κ1) is 18.5. The third-order valence-corrected chi connectivity index (χ3v) is 10.7. The Kier molecular flexibility index (Phi) is 5.64. The Balaban J connectivity index is 2.01. The van der Waals surface area contributed by atoms with Gasteiger partial charge in [0.05, 0.1) is 9.80 Å². The zero-order chi connectivity index (χ0) is 18.6. The van der Waals surface area contributed by atoms with Crippen LogP contribution < -0.4 is 20.2 Å². The summed E-state index contributed by atoms with van der Waals surface area (Å²) in [6.45, 7) is 0. The number of hydrogen-bond acceptors (Lipinski definition) is 4. The second-order valence-electron chi connectivity index (χ2n) is 5.12. The van der Waals surface area contributed by atoms with Gasteiger partial charge in [-0.25, -0.2) is 5.21 Å². The molecule has 0 atom stereocenters. The van der Waals surface area contributed by atoms with Gasteiger partial charge in [0.25, 0.3) is 4.92 Å². The van der Waals surface area contributed by atoms with Crippen LogP contribution in [0.4, 0.5) is 5.69 Å². The topological polar surface area (TPSA) is 83.7 Å². The lowest BCUT2D eigenvalue weighted by Gasteiger charge is -2.05. The summed E-state index contributed by atoms with van der Waals surface area (Å²) >= 11 is -2.80. The summed E-state index contributed by atoms with van der Waals surface area (Å²) in [5.41, 5.74) is 0.0588. The molecule has 0 amide bonds. The molecular formula is C18H15INO5S+2. The number of benzene rings is 3. The molecule has 6 nitrogen and oxygen atoms in total. The molecule has 0 spiro atoms. The van der Waals surface area contributed by atoms with Gasteiger partial charge in [-0.15, -0.1) is 0 Å². The third-order valence-electron chi connectivity index (χ3n) is 3.35. The summed E-state index contributed by atoms with van der Waals surface area (Å²) in [5.74, 6) is 0. The van der Waals surface area contributed by atoms with Crippen molar-refractivity contribution in [2.24, 2.45) is 0 Å². The summed E-state index contributed by atoms with van der Waals surface area (Å²) in [4.78, 5) is 10.8. The molecule has 26 heavy (non-hydrogen) atoms. The van der Waals surface area contributed by atoms with E-state index in [1.54, 1.807) is 30.3 Å². The van der Waals surface area contributed by atoms with E-state index in [4.69, 9.17) is 7.72 Å². The largest absolute Gasteiger partial charge is 0.336 e. The molecule has 0 heterocycles. The standard InChI is InChI=1S/C18H15INO5S/c21-20(22)17-13-11-16(12-14-17)19(15-7-3-1-4-8-15)25-26(23,24)18-9-5-2-6-10-18/h1-14H,(H,21,22)/q+2. The van der Waals surface area contributed by atoms with Crippen molar-refractivity contribution in [3.8, 4) is 0 Å². The number of rotatable bonds is 6. The molecule has 3 aromatic carbocycles. The van der Waals surface area contributed by atoms with Gasteiger partial charge in [-0.05, 0) is 38.9 Å². The highest BCUT2D eigenvalue weighted by atomic mass is 127. The molecule has 8 heteroatoms. The SMILES string of the molecule is O=[N+](O)c1ccc([I+](OS(=O)(=O)c2ccccc2)c2ccccc2)cc1. The molecule has 0 aliphatic heterocycles. The summed E-state index contributed by atoms with van der Waals surface area (Å²) in [6, 6.07) is 23.2. The van der Waals surface area contributed by atoms with E-state index < -0.39 is 30.4 Å². The molecule has 0 unspecified atom stereocenters. The molecule has 0 aliphatic carbocycles. The van der Waals surface area contributed by atoms with E-state index in [1.165, 1.54) is 24.3 Å². The lowest BCUT2D eigenvalue weighted by Crippen LogP contribution is -3.85. The van der Waals surface area contributed by atoms with E-state index in [1.807, 2.05) is 30.3 Å². The van der Waals surface area contributed by atoms with Crippen molar-refractivity contribution >= 4 is 15.8 Å². The fourth-order valence-electron chi connectivity index (χ4n) is 2.12. The van der Waals surface area contributed by atoms with E-state index in [9.17, 15) is 13.3 Å². The average molecular weight is 484 g/mol. The number of hydrogen-bond donors (Lipinski definition) is 1. The van der Waals surface area contributed by atoms with Crippen molar-refractivity contribution in [3.63, 3.8) is 0 Å². The van der Waals surface area contributed by atoms with Crippen LogP contribution in [0, 0.1) is 12.0 Å². The van der Waals surface area contributed by atoms with Crippen LogP contribution in [-0.4, -0.2) is 18.5 Å². The maximum absolute atomic E-state index is 12.7. The maximum Gasteiger partial charge on any atom is 0.336 e.